The number of hydrogen-bond acceptors (Lipinski definition) is 5. The van der Waals surface area contributed by atoms with E-state index in [-0.39, 0.29) is 6.04 Å². The summed E-state index contributed by atoms with van der Waals surface area (Å²) in [4.78, 5) is 17.8. The molecule has 0 bridgehead atoms. The fourth-order valence-corrected chi connectivity index (χ4v) is 3.95. The zero-order chi connectivity index (χ0) is 16.7. The van der Waals surface area contributed by atoms with Crippen molar-refractivity contribution in [1.29, 1.82) is 0 Å². The van der Waals surface area contributed by atoms with Gasteiger partial charge in [0.15, 0.2) is 0 Å². The summed E-state index contributed by atoms with van der Waals surface area (Å²) in [6.45, 7) is 2.14. The lowest BCUT2D eigenvalue weighted by molar-refractivity contribution is 0.100. The molecule has 1 saturated heterocycles. The van der Waals surface area contributed by atoms with Crippen molar-refractivity contribution in [1.82, 2.24) is 14.5 Å². The number of rotatable bonds is 4. The average Bonchev–Trinajstić information content (AvgIpc) is 3.27. The quantitative estimate of drug-likeness (QED) is 0.754. The van der Waals surface area contributed by atoms with Gasteiger partial charge in [0, 0.05) is 47.7 Å². The summed E-state index contributed by atoms with van der Waals surface area (Å²) < 4.78 is 2.09. The first-order chi connectivity index (χ1) is 11.6. The number of carbonyl (C=O) groups excluding carboxylic acids is 1. The molecule has 3 heterocycles. The van der Waals surface area contributed by atoms with Crippen LogP contribution < -0.4 is 5.73 Å². The van der Waals surface area contributed by atoms with Crippen LogP contribution in [0.4, 0.5) is 0 Å². The normalized spacial score (nSPS) is 21.5. The second-order valence-corrected chi connectivity index (χ2v) is 6.89. The zero-order valence-corrected chi connectivity index (χ0v) is 13.8. The minimum Gasteiger partial charge on any atom is -0.390 e. The third-order valence-corrected chi connectivity index (χ3v) is 5.20. The van der Waals surface area contributed by atoms with Gasteiger partial charge in [-0.2, -0.15) is 0 Å². The van der Waals surface area contributed by atoms with Gasteiger partial charge in [0.1, 0.15) is 0 Å². The van der Waals surface area contributed by atoms with Crippen LogP contribution >= 0.6 is 11.3 Å². The maximum absolute atomic E-state index is 11.3. The Labute approximate surface area is 143 Å². The lowest BCUT2D eigenvalue weighted by Gasteiger charge is -2.18. The third kappa shape index (κ3) is 2.71. The van der Waals surface area contributed by atoms with Crippen LogP contribution in [0.15, 0.2) is 41.4 Å². The van der Waals surface area contributed by atoms with Gasteiger partial charge in [0.25, 0.3) is 0 Å². The maximum atomic E-state index is 11.3. The summed E-state index contributed by atoms with van der Waals surface area (Å²) in [5.74, 6) is -0.431. The van der Waals surface area contributed by atoms with Crippen molar-refractivity contribution < 1.29 is 9.90 Å². The van der Waals surface area contributed by atoms with Crippen LogP contribution in [0.3, 0.4) is 0 Å². The highest BCUT2D eigenvalue weighted by Gasteiger charge is 2.33. The summed E-state index contributed by atoms with van der Waals surface area (Å²) in [5.41, 5.74) is 9.70. The number of primary amides is 1. The standard InChI is InChI=1S/C17H18N4O2S/c18-17(23)12-1-2-14-11(5-12)3-4-21(14)15-7-20(8-16(15)22)6-13-9-24-10-19-13/h1-5,9-10,15-16,22H,6-8H2,(H2,18,23)/t15-,16-/m1/s1. The fourth-order valence-electron chi connectivity index (χ4n) is 3.40. The van der Waals surface area contributed by atoms with Crippen molar-refractivity contribution in [3.8, 4) is 0 Å². The molecule has 2 aromatic heterocycles. The second kappa shape index (κ2) is 6.01. The lowest BCUT2D eigenvalue weighted by Crippen LogP contribution is -2.21. The van der Waals surface area contributed by atoms with E-state index in [1.807, 2.05) is 29.2 Å². The van der Waals surface area contributed by atoms with E-state index in [1.54, 1.807) is 23.5 Å². The first-order valence-corrected chi connectivity index (χ1v) is 8.74. The first-order valence-electron chi connectivity index (χ1n) is 7.79. The number of aliphatic hydroxyl groups excluding tert-OH is 1. The number of β-amino-alcohol motifs (C(OH)–C–C–N with tert-alkyl or cyclic N) is 1. The highest BCUT2D eigenvalue weighted by atomic mass is 32.1. The number of benzene rings is 1. The van der Waals surface area contributed by atoms with Gasteiger partial charge in [-0.3, -0.25) is 9.69 Å². The van der Waals surface area contributed by atoms with Crippen LogP contribution in [0.25, 0.3) is 10.9 Å². The smallest absolute Gasteiger partial charge is 0.248 e. The number of nitrogens with zero attached hydrogens (tertiary/aromatic N) is 3. The van der Waals surface area contributed by atoms with E-state index in [1.165, 1.54) is 0 Å². The SMILES string of the molecule is NC(=O)c1ccc2c(ccn2[C@@H]2CN(Cc3cscn3)C[C@H]2O)c1. The van der Waals surface area contributed by atoms with E-state index in [2.05, 4.69) is 14.5 Å². The van der Waals surface area contributed by atoms with Crippen LogP contribution in [0.1, 0.15) is 22.1 Å². The highest BCUT2D eigenvalue weighted by molar-refractivity contribution is 7.07. The number of likely N-dealkylation sites (tertiary alicyclic amines) is 1. The van der Waals surface area contributed by atoms with Crippen LogP contribution in [-0.2, 0) is 6.54 Å². The maximum Gasteiger partial charge on any atom is 0.248 e. The molecule has 7 heteroatoms. The summed E-state index contributed by atoms with van der Waals surface area (Å²) in [6.07, 6.45) is 1.53. The molecular weight excluding hydrogens is 324 g/mol. The van der Waals surface area contributed by atoms with Gasteiger partial charge in [-0.05, 0) is 24.3 Å². The summed E-state index contributed by atoms with van der Waals surface area (Å²) >= 11 is 1.58. The molecule has 1 aromatic carbocycles. The number of carbonyl (C=O) groups is 1. The minimum absolute atomic E-state index is 0.0134. The molecule has 1 aliphatic heterocycles. The highest BCUT2D eigenvalue weighted by Crippen LogP contribution is 2.29. The van der Waals surface area contributed by atoms with Gasteiger partial charge in [0.2, 0.25) is 5.91 Å². The topological polar surface area (TPSA) is 84.4 Å². The molecule has 3 aromatic rings. The van der Waals surface area contributed by atoms with E-state index in [9.17, 15) is 9.90 Å². The molecule has 3 N–H and O–H groups in total. The van der Waals surface area contributed by atoms with Gasteiger partial charge in [-0.1, -0.05) is 0 Å². The average molecular weight is 342 g/mol. The number of aliphatic hydroxyl groups is 1. The lowest BCUT2D eigenvalue weighted by atomic mass is 10.1. The Kier molecular flexibility index (Phi) is 3.84. The van der Waals surface area contributed by atoms with Crippen LogP contribution in [-0.4, -0.2) is 44.7 Å². The van der Waals surface area contributed by atoms with Crippen LogP contribution in [0.2, 0.25) is 0 Å². The Balaban J connectivity index is 1.59. The molecule has 0 saturated carbocycles. The molecule has 0 aliphatic carbocycles. The van der Waals surface area contributed by atoms with Crippen molar-refractivity contribution in [2.24, 2.45) is 5.73 Å². The Morgan fingerprint density at radius 3 is 3.00 bits per heavy atom. The summed E-state index contributed by atoms with van der Waals surface area (Å²) in [5, 5.41) is 13.5. The van der Waals surface area contributed by atoms with Gasteiger partial charge in [-0.15, -0.1) is 11.3 Å². The Morgan fingerprint density at radius 2 is 2.25 bits per heavy atom. The summed E-state index contributed by atoms with van der Waals surface area (Å²) in [7, 11) is 0. The number of amides is 1. The van der Waals surface area contributed by atoms with Crippen molar-refractivity contribution in [3.63, 3.8) is 0 Å². The van der Waals surface area contributed by atoms with Gasteiger partial charge < -0.3 is 15.4 Å². The van der Waals surface area contributed by atoms with Crippen molar-refractivity contribution in [3.05, 3.63) is 52.6 Å². The van der Waals surface area contributed by atoms with Crippen molar-refractivity contribution in [2.45, 2.75) is 18.7 Å². The van der Waals surface area contributed by atoms with E-state index in [0.717, 1.165) is 29.7 Å². The Morgan fingerprint density at radius 1 is 1.38 bits per heavy atom. The molecule has 24 heavy (non-hydrogen) atoms. The molecule has 1 fully saturated rings. The fraction of sp³-hybridized carbons (Fsp3) is 0.294. The Bertz CT molecular complexity index is 874. The number of aromatic nitrogens is 2. The number of nitrogens with two attached hydrogens (primary N) is 1. The van der Waals surface area contributed by atoms with E-state index in [4.69, 9.17) is 5.73 Å². The first kappa shape index (κ1) is 15.3. The third-order valence-electron chi connectivity index (χ3n) is 4.57. The number of hydrogen-bond donors (Lipinski definition) is 2. The van der Waals surface area contributed by atoms with Crippen molar-refractivity contribution in [2.75, 3.05) is 13.1 Å². The molecule has 6 nitrogen and oxygen atoms in total. The molecule has 1 aliphatic rings. The molecule has 4 rings (SSSR count). The molecule has 0 spiro atoms. The van der Waals surface area contributed by atoms with Crippen molar-refractivity contribution >= 4 is 28.1 Å². The number of thiazole rings is 1. The number of fused-ring (bicyclic) bond motifs is 1. The largest absolute Gasteiger partial charge is 0.390 e. The monoisotopic (exact) mass is 342 g/mol. The zero-order valence-electron chi connectivity index (χ0n) is 13.0. The molecule has 0 radical (unpaired) electrons. The van der Waals surface area contributed by atoms with Gasteiger partial charge in [-0.25, -0.2) is 4.98 Å². The molecule has 124 valence electrons. The van der Waals surface area contributed by atoms with E-state index >= 15 is 0 Å². The van der Waals surface area contributed by atoms with Crippen LogP contribution in [0.5, 0.6) is 0 Å². The molecule has 1 amide bonds. The van der Waals surface area contributed by atoms with Crippen LogP contribution in [0, 0.1) is 0 Å². The van der Waals surface area contributed by atoms with E-state index in [0.29, 0.717) is 12.1 Å². The van der Waals surface area contributed by atoms with E-state index < -0.39 is 12.0 Å². The minimum atomic E-state index is -0.435. The summed E-state index contributed by atoms with van der Waals surface area (Å²) in [6, 6.07) is 7.36. The molecule has 0 unspecified atom stereocenters. The predicted molar refractivity (Wildman–Crippen MR) is 92.9 cm³/mol. The predicted octanol–water partition coefficient (Wildman–Crippen LogP) is 1.61. The molecular formula is C17H18N4O2S. The second-order valence-electron chi connectivity index (χ2n) is 6.17. The Hall–Kier alpha value is -2.22. The molecule has 2 atom stereocenters. The van der Waals surface area contributed by atoms with Gasteiger partial charge >= 0.3 is 0 Å². The van der Waals surface area contributed by atoms with Gasteiger partial charge in [0.05, 0.1) is 23.4 Å².